The van der Waals surface area contributed by atoms with Gasteiger partial charge in [0.25, 0.3) is 0 Å². The second-order valence-electron chi connectivity index (χ2n) is 3.80. The van der Waals surface area contributed by atoms with Gasteiger partial charge in [-0.2, -0.15) is 0 Å². The Hall–Kier alpha value is -1.62. The van der Waals surface area contributed by atoms with Gasteiger partial charge in [-0.05, 0) is 25.0 Å². The molecule has 0 spiro atoms. The number of pyridine rings is 1. The third-order valence-electron chi connectivity index (χ3n) is 2.18. The number of carboxylic acids is 1. The van der Waals surface area contributed by atoms with Gasteiger partial charge < -0.3 is 15.9 Å². The average molecular weight is 210 g/mol. The number of rotatable bonds is 3. The van der Waals surface area contributed by atoms with Gasteiger partial charge in [0.15, 0.2) is 5.60 Å². The van der Waals surface area contributed by atoms with E-state index in [4.69, 9.17) is 10.8 Å². The molecular weight excluding hydrogens is 196 g/mol. The Morgan fingerprint density at radius 3 is 2.73 bits per heavy atom. The molecule has 0 aliphatic carbocycles. The van der Waals surface area contributed by atoms with Gasteiger partial charge in [0, 0.05) is 12.6 Å². The summed E-state index contributed by atoms with van der Waals surface area (Å²) >= 11 is 0. The number of aliphatic carboxylic acids is 1. The maximum atomic E-state index is 10.7. The second-order valence-corrected chi connectivity index (χ2v) is 3.80. The Balaban J connectivity index is 2.91. The van der Waals surface area contributed by atoms with Crippen LogP contribution in [0.5, 0.6) is 0 Å². The minimum Gasteiger partial charge on any atom is -0.479 e. The van der Waals surface area contributed by atoms with Crippen molar-refractivity contribution in [2.75, 3.05) is 5.73 Å². The van der Waals surface area contributed by atoms with Crippen molar-refractivity contribution in [2.45, 2.75) is 25.9 Å². The number of aryl methyl sites for hydroxylation is 1. The number of nitrogens with zero attached hydrogens (tertiary/aromatic N) is 1. The van der Waals surface area contributed by atoms with Gasteiger partial charge in [-0.1, -0.05) is 6.07 Å². The van der Waals surface area contributed by atoms with E-state index in [1.807, 2.05) is 0 Å². The molecule has 15 heavy (non-hydrogen) atoms. The number of nitrogens with two attached hydrogens (primary N) is 1. The van der Waals surface area contributed by atoms with Gasteiger partial charge in [-0.15, -0.1) is 0 Å². The smallest absolute Gasteiger partial charge is 0.335 e. The van der Waals surface area contributed by atoms with Gasteiger partial charge in [0.05, 0.1) is 0 Å². The van der Waals surface area contributed by atoms with Gasteiger partial charge in [0.2, 0.25) is 0 Å². The zero-order valence-corrected chi connectivity index (χ0v) is 8.69. The van der Waals surface area contributed by atoms with Crippen LogP contribution in [0.25, 0.3) is 0 Å². The Bertz CT molecular complexity index is 388. The number of aromatic nitrogens is 1. The fourth-order valence-corrected chi connectivity index (χ4v) is 1.21. The highest BCUT2D eigenvalue weighted by Gasteiger charge is 2.30. The van der Waals surface area contributed by atoms with Crippen molar-refractivity contribution in [3.63, 3.8) is 0 Å². The third-order valence-corrected chi connectivity index (χ3v) is 2.18. The molecule has 4 N–H and O–H groups in total. The molecule has 0 saturated heterocycles. The van der Waals surface area contributed by atoms with Crippen LogP contribution in [0.2, 0.25) is 0 Å². The summed E-state index contributed by atoms with van der Waals surface area (Å²) in [5, 5.41) is 18.3. The highest BCUT2D eigenvalue weighted by atomic mass is 16.4. The maximum Gasteiger partial charge on any atom is 0.335 e. The van der Waals surface area contributed by atoms with Crippen molar-refractivity contribution in [3.05, 3.63) is 23.4 Å². The molecule has 1 aromatic heterocycles. The van der Waals surface area contributed by atoms with Crippen LogP contribution in [0.1, 0.15) is 18.1 Å². The van der Waals surface area contributed by atoms with Crippen molar-refractivity contribution < 1.29 is 15.0 Å². The molecule has 1 rings (SSSR count). The van der Waals surface area contributed by atoms with Gasteiger partial charge in [-0.3, -0.25) is 0 Å². The van der Waals surface area contributed by atoms with E-state index < -0.39 is 11.6 Å². The number of nitrogen functional groups attached to an aromatic ring is 1. The summed E-state index contributed by atoms with van der Waals surface area (Å²) in [5.74, 6) is -0.842. The topological polar surface area (TPSA) is 96.4 Å². The fourth-order valence-electron chi connectivity index (χ4n) is 1.21. The molecular formula is C10H14N2O3. The van der Waals surface area contributed by atoms with Gasteiger partial charge in [0.1, 0.15) is 5.82 Å². The second kappa shape index (κ2) is 3.86. The first-order valence-corrected chi connectivity index (χ1v) is 4.49. The van der Waals surface area contributed by atoms with Crippen molar-refractivity contribution in [2.24, 2.45) is 0 Å². The standard InChI is InChI=1S/C10H14N2O3/c1-6-3-7(5-12-8(6)11)4-10(2,15)9(13)14/h3,5,15H,4H2,1-2H3,(H2,11,12)(H,13,14). The molecule has 0 aliphatic heterocycles. The van der Waals surface area contributed by atoms with E-state index in [0.29, 0.717) is 11.4 Å². The molecule has 1 heterocycles. The summed E-state index contributed by atoms with van der Waals surface area (Å²) < 4.78 is 0. The molecule has 0 amide bonds. The van der Waals surface area contributed by atoms with E-state index in [2.05, 4.69) is 4.98 Å². The fraction of sp³-hybridized carbons (Fsp3) is 0.400. The number of aliphatic hydroxyl groups is 1. The third kappa shape index (κ3) is 2.66. The lowest BCUT2D eigenvalue weighted by Crippen LogP contribution is -2.37. The number of carboxylic acid groups (broad SMARTS) is 1. The van der Waals surface area contributed by atoms with E-state index in [1.54, 1.807) is 13.0 Å². The maximum absolute atomic E-state index is 10.7. The quantitative estimate of drug-likeness (QED) is 0.669. The van der Waals surface area contributed by atoms with Crippen molar-refractivity contribution in [1.29, 1.82) is 0 Å². The highest BCUT2D eigenvalue weighted by molar-refractivity contribution is 5.76. The predicted octanol–water partition coefficient (Wildman–Crippen LogP) is 0.350. The van der Waals surface area contributed by atoms with E-state index in [0.717, 1.165) is 5.56 Å². The first-order valence-electron chi connectivity index (χ1n) is 4.49. The molecule has 0 radical (unpaired) electrons. The zero-order chi connectivity index (χ0) is 11.6. The Kier molecular flexibility index (Phi) is 2.95. The van der Waals surface area contributed by atoms with Crippen LogP contribution in [0.4, 0.5) is 5.82 Å². The summed E-state index contributed by atoms with van der Waals surface area (Å²) in [6.07, 6.45) is 1.48. The van der Waals surface area contributed by atoms with Gasteiger partial charge in [-0.25, -0.2) is 9.78 Å². The molecule has 82 valence electrons. The lowest BCUT2D eigenvalue weighted by Gasteiger charge is -2.17. The monoisotopic (exact) mass is 210 g/mol. The molecule has 5 nitrogen and oxygen atoms in total. The van der Waals surface area contributed by atoms with Crippen LogP contribution in [-0.4, -0.2) is 26.8 Å². The Labute approximate surface area is 87.6 Å². The van der Waals surface area contributed by atoms with E-state index in [9.17, 15) is 9.90 Å². The number of hydrogen-bond donors (Lipinski definition) is 3. The van der Waals surface area contributed by atoms with Gasteiger partial charge >= 0.3 is 5.97 Å². The predicted molar refractivity (Wildman–Crippen MR) is 55.4 cm³/mol. The van der Waals surface area contributed by atoms with Crippen LogP contribution in [0, 0.1) is 6.92 Å². The number of anilines is 1. The van der Waals surface area contributed by atoms with Crippen LogP contribution >= 0.6 is 0 Å². The lowest BCUT2D eigenvalue weighted by atomic mass is 9.97. The van der Waals surface area contributed by atoms with E-state index in [1.165, 1.54) is 13.1 Å². The average Bonchev–Trinajstić information content (AvgIpc) is 2.10. The summed E-state index contributed by atoms with van der Waals surface area (Å²) in [7, 11) is 0. The summed E-state index contributed by atoms with van der Waals surface area (Å²) in [5.41, 5.74) is 5.17. The molecule has 0 aliphatic rings. The molecule has 0 fully saturated rings. The summed E-state index contributed by atoms with van der Waals surface area (Å²) in [4.78, 5) is 14.6. The lowest BCUT2D eigenvalue weighted by molar-refractivity contribution is -0.156. The number of hydrogen-bond acceptors (Lipinski definition) is 4. The van der Waals surface area contributed by atoms with E-state index in [-0.39, 0.29) is 6.42 Å². The van der Waals surface area contributed by atoms with Crippen LogP contribution in [0.3, 0.4) is 0 Å². The van der Waals surface area contributed by atoms with Crippen molar-refractivity contribution >= 4 is 11.8 Å². The first kappa shape index (κ1) is 11.5. The minimum atomic E-state index is -1.77. The molecule has 1 unspecified atom stereocenters. The van der Waals surface area contributed by atoms with Crippen molar-refractivity contribution in [1.82, 2.24) is 4.98 Å². The minimum absolute atomic E-state index is 0.0104. The molecule has 1 aromatic rings. The Morgan fingerprint density at radius 1 is 1.67 bits per heavy atom. The molecule has 5 heteroatoms. The summed E-state index contributed by atoms with van der Waals surface area (Å²) in [6, 6.07) is 1.72. The SMILES string of the molecule is Cc1cc(CC(C)(O)C(=O)O)cnc1N. The molecule has 0 bridgehead atoms. The first-order chi connectivity index (χ1) is 6.83. The summed E-state index contributed by atoms with van der Waals surface area (Å²) in [6.45, 7) is 3.03. The zero-order valence-electron chi connectivity index (χ0n) is 8.69. The van der Waals surface area contributed by atoms with E-state index >= 15 is 0 Å². The van der Waals surface area contributed by atoms with Crippen molar-refractivity contribution in [3.8, 4) is 0 Å². The molecule has 0 aromatic carbocycles. The molecule has 1 atom stereocenters. The largest absolute Gasteiger partial charge is 0.479 e. The molecule has 0 saturated carbocycles. The normalized spacial score (nSPS) is 14.6. The highest BCUT2D eigenvalue weighted by Crippen LogP contribution is 2.16. The van der Waals surface area contributed by atoms with Crippen LogP contribution in [0.15, 0.2) is 12.3 Å². The van der Waals surface area contributed by atoms with Crippen LogP contribution < -0.4 is 5.73 Å². The van der Waals surface area contributed by atoms with Crippen LogP contribution in [-0.2, 0) is 11.2 Å². The Morgan fingerprint density at radius 2 is 2.27 bits per heavy atom. The number of carbonyl (C=O) groups is 1.